The van der Waals surface area contributed by atoms with Gasteiger partial charge in [0.1, 0.15) is 17.2 Å². The van der Waals surface area contributed by atoms with Crippen molar-refractivity contribution in [1.29, 1.82) is 0 Å². The average molecular weight is 736 g/mol. The van der Waals surface area contributed by atoms with Crippen molar-refractivity contribution in [3.63, 3.8) is 0 Å². The van der Waals surface area contributed by atoms with E-state index in [-0.39, 0.29) is 23.3 Å². The van der Waals surface area contributed by atoms with Gasteiger partial charge in [0.2, 0.25) is 11.8 Å². The molecule has 3 saturated heterocycles. The van der Waals surface area contributed by atoms with Gasteiger partial charge in [0, 0.05) is 110 Å². The van der Waals surface area contributed by atoms with Crippen molar-refractivity contribution in [2.75, 3.05) is 47.5 Å². The number of likely N-dealkylation sites (tertiary alicyclic amines) is 1. The maximum absolute atomic E-state index is 11.8. The number of hydrogen-bond acceptors (Lipinski definition) is 9. The van der Waals surface area contributed by atoms with Crippen LogP contribution in [-0.2, 0) is 22.7 Å². The third-order valence-corrected chi connectivity index (χ3v) is 11.1. The van der Waals surface area contributed by atoms with E-state index in [9.17, 15) is 9.59 Å². The van der Waals surface area contributed by atoms with Crippen molar-refractivity contribution in [2.45, 2.75) is 38.4 Å². The van der Waals surface area contributed by atoms with Crippen LogP contribution >= 0.6 is 11.6 Å². The monoisotopic (exact) mass is 735 g/mol. The van der Waals surface area contributed by atoms with Gasteiger partial charge < -0.3 is 30.2 Å². The van der Waals surface area contributed by atoms with Gasteiger partial charge in [-0.25, -0.2) is 4.68 Å². The quantitative estimate of drug-likeness (QED) is 0.160. The first-order valence-corrected chi connectivity index (χ1v) is 18.2. The van der Waals surface area contributed by atoms with Gasteiger partial charge in [0.05, 0.1) is 55.0 Å². The minimum Gasteiger partial charge on any atom is -0.496 e. The van der Waals surface area contributed by atoms with Gasteiger partial charge in [-0.05, 0) is 18.1 Å². The number of pyridine rings is 1. The third-order valence-electron chi connectivity index (χ3n) is 10.7. The standard InChI is InChI=1S/C40H42ClN7O5/c1-51-34-14-32(43-16-24(34)20-47-22-40(23-47)15-38(50)44-21-40)29-8-4-7-28(39(29)41)27-6-5-9-33-30(27)19-45-48(33)26-12-35(52-2)31(36(13-26)53-3)18-42-17-25-10-11-37(49)46-25/h4-9,12-14,16,19,25,42H,10-11,15,17-18,20-23H2,1-3H3,(H,44,50)(H,46,49)/t25-/m0/s1. The number of ether oxygens (including phenoxy) is 3. The molecule has 13 heteroatoms. The summed E-state index contributed by atoms with van der Waals surface area (Å²) in [7, 11) is 4.96. The normalized spacial score (nSPS) is 17.9. The molecule has 3 aliphatic heterocycles. The zero-order chi connectivity index (χ0) is 36.7. The van der Waals surface area contributed by atoms with Crippen molar-refractivity contribution in [1.82, 2.24) is 35.6 Å². The van der Waals surface area contributed by atoms with Crippen LogP contribution in [0.3, 0.4) is 0 Å². The van der Waals surface area contributed by atoms with Crippen molar-refractivity contribution in [3.8, 4) is 45.3 Å². The van der Waals surface area contributed by atoms with Crippen molar-refractivity contribution >= 4 is 34.3 Å². The summed E-state index contributed by atoms with van der Waals surface area (Å²) in [6, 6.07) is 18.0. The number of fused-ring (bicyclic) bond motifs is 1. The molecular weight excluding hydrogens is 694 g/mol. The van der Waals surface area contributed by atoms with E-state index in [4.69, 9.17) is 35.9 Å². The minimum absolute atomic E-state index is 0.0598. The number of nitrogens with zero attached hydrogens (tertiary/aromatic N) is 4. The van der Waals surface area contributed by atoms with E-state index < -0.39 is 0 Å². The van der Waals surface area contributed by atoms with Crippen LogP contribution in [-0.4, -0.2) is 85.0 Å². The molecule has 274 valence electrons. The molecule has 0 bridgehead atoms. The Hall–Kier alpha value is -5.17. The van der Waals surface area contributed by atoms with Gasteiger partial charge in [0.15, 0.2) is 0 Å². The van der Waals surface area contributed by atoms with E-state index in [0.717, 1.165) is 76.2 Å². The van der Waals surface area contributed by atoms with E-state index in [1.54, 1.807) is 21.3 Å². The highest BCUT2D eigenvalue weighted by atomic mass is 35.5. The van der Waals surface area contributed by atoms with Crippen molar-refractivity contribution in [3.05, 3.63) is 83.1 Å². The van der Waals surface area contributed by atoms with Gasteiger partial charge in [0.25, 0.3) is 0 Å². The highest BCUT2D eigenvalue weighted by molar-refractivity contribution is 6.36. The Morgan fingerprint density at radius 1 is 0.925 bits per heavy atom. The van der Waals surface area contributed by atoms with Crippen LogP contribution in [0, 0.1) is 5.41 Å². The van der Waals surface area contributed by atoms with Gasteiger partial charge in [-0.3, -0.25) is 19.5 Å². The molecule has 3 N–H and O–H groups in total. The number of aromatic nitrogens is 3. The first-order valence-electron chi connectivity index (χ1n) is 17.8. The van der Waals surface area contributed by atoms with Crippen LogP contribution in [0.25, 0.3) is 39.0 Å². The predicted molar refractivity (Wildman–Crippen MR) is 203 cm³/mol. The molecule has 3 aliphatic rings. The lowest BCUT2D eigenvalue weighted by Crippen LogP contribution is -2.56. The van der Waals surface area contributed by atoms with E-state index in [0.29, 0.717) is 54.7 Å². The Bertz CT molecular complexity index is 2190. The summed E-state index contributed by atoms with van der Waals surface area (Å²) >= 11 is 7.21. The maximum atomic E-state index is 11.8. The number of methoxy groups -OCH3 is 3. The molecule has 1 spiro atoms. The zero-order valence-electron chi connectivity index (χ0n) is 30.0. The molecule has 12 nitrogen and oxygen atoms in total. The van der Waals surface area contributed by atoms with E-state index in [1.165, 1.54) is 0 Å². The molecule has 0 aliphatic carbocycles. The summed E-state index contributed by atoms with van der Waals surface area (Å²) in [6.07, 6.45) is 5.71. The lowest BCUT2D eigenvalue weighted by atomic mass is 9.79. The number of carbonyl (C=O) groups is 2. The van der Waals surface area contributed by atoms with Crippen LogP contribution in [0.2, 0.25) is 5.02 Å². The van der Waals surface area contributed by atoms with E-state index >= 15 is 0 Å². The summed E-state index contributed by atoms with van der Waals surface area (Å²) in [6.45, 7) is 4.37. The van der Waals surface area contributed by atoms with Gasteiger partial charge in [-0.15, -0.1) is 0 Å². The zero-order valence-corrected chi connectivity index (χ0v) is 30.8. The largest absolute Gasteiger partial charge is 0.496 e. The molecule has 5 heterocycles. The topological polar surface area (TPSA) is 132 Å². The van der Waals surface area contributed by atoms with E-state index in [2.05, 4.69) is 20.9 Å². The van der Waals surface area contributed by atoms with Crippen LogP contribution in [0.4, 0.5) is 0 Å². The van der Waals surface area contributed by atoms with Gasteiger partial charge in [-0.1, -0.05) is 41.9 Å². The van der Waals surface area contributed by atoms with Crippen molar-refractivity contribution < 1.29 is 23.8 Å². The summed E-state index contributed by atoms with van der Waals surface area (Å²) in [4.78, 5) is 30.6. The average Bonchev–Trinajstić information content (AvgIpc) is 3.90. The molecule has 8 rings (SSSR count). The first kappa shape index (κ1) is 34.9. The van der Waals surface area contributed by atoms with Crippen molar-refractivity contribution in [2.24, 2.45) is 5.41 Å². The lowest BCUT2D eigenvalue weighted by molar-refractivity contribution is -0.121. The fraction of sp³-hybridized carbons (Fsp3) is 0.350. The second kappa shape index (κ2) is 14.3. The second-order valence-electron chi connectivity index (χ2n) is 14.2. The summed E-state index contributed by atoms with van der Waals surface area (Å²) < 4.78 is 19.4. The molecule has 3 aromatic carbocycles. The molecule has 0 saturated carbocycles. The second-order valence-corrected chi connectivity index (χ2v) is 14.6. The number of rotatable bonds is 12. The summed E-state index contributed by atoms with van der Waals surface area (Å²) in [5.41, 5.74) is 6.93. The summed E-state index contributed by atoms with van der Waals surface area (Å²) in [5, 5.41) is 15.7. The smallest absolute Gasteiger partial charge is 0.220 e. The molecule has 2 aromatic heterocycles. The highest BCUT2D eigenvalue weighted by Gasteiger charge is 2.48. The van der Waals surface area contributed by atoms with Crippen LogP contribution < -0.4 is 30.2 Å². The Kier molecular flexibility index (Phi) is 9.44. The maximum Gasteiger partial charge on any atom is 0.220 e. The molecule has 53 heavy (non-hydrogen) atoms. The molecule has 5 aromatic rings. The SMILES string of the molecule is COc1cc(-c2cccc(-c3cccc4c3cnn4-c3cc(OC)c(CNC[C@@H]4CCC(=O)N4)c(OC)c3)c2Cl)ncc1CN1CC2(CNC(=O)C2)C1. The fourth-order valence-corrected chi connectivity index (χ4v) is 8.37. The number of carbonyl (C=O) groups excluding carboxylic acids is 2. The molecular formula is C40H42ClN7O5. The Morgan fingerprint density at radius 2 is 1.66 bits per heavy atom. The molecule has 0 unspecified atom stereocenters. The first-order chi connectivity index (χ1) is 25.8. The van der Waals surface area contributed by atoms with Gasteiger partial charge >= 0.3 is 0 Å². The Morgan fingerprint density at radius 3 is 2.36 bits per heavy atom. The van der Waals surface area contributed by atoms with E-state index in [1.807, 2.05) is 71.7 Å². The molecule has 1 atom stereocenters. The molecule has 3 fully saturated rings. The minimum atomic E-state index is 0.0598. The Labute approximate surface area is 312 Å². The highest BCUT2D eigenvalue weighted by Crippen LogP contribution is 2.42. The molecule has 2 amide bonds. The number of amides is 2. The van der Waals surface area contributed by atoms with Crippen LogP contribution in [0.5, 0.6) is 17.2 Å². The number of halogens is 1. The Balaban J connectivity index is 1.05. The van der Waals surface area contributed by atoms with Gasteiger partial charge in [-0.2, -0.15) is 5.10 Å². The number of nitrogens with one attached hydrogen (secondary N) is 3. The van der Waals surface area contributed by atoms with Crippen LogP contribution in [0.15, 0.2) is 67.0 Å². The summed E-state index contributed by atoms with van der Waals surface area (Å²) in [5.74, 6) is 2.32. The number of hydrogen-bond donors (Lipinski definition) is 3. The van der Waals surface area contributed by atoms with Crippen LogP contribution in [0.1, 0.15) is 30.4 Å². The predicted octanol–water partition coefficient (Wildman–Crippen LogP) is 5.12. The third kappa shape index (κ3) is 6.67. The lowest BCUT2D eigenvalue weighted by Gasteiger charge is -2.47. The fourth-order valence-electron chi connectivity index (χ4n) is 8.05. The number of benzene rings is 3. The molecule has 0 radical (unpaired) electrons.